The maximum Gasteiger partial charge on any atom is 0.339 e. The Bertz CT molecular complexity index is 2670. The average molecular weight is 892 g/mol. The van der Waals surface area contributed by atoms with Gasteiger partial charge in [0.2, 0.25) is 11.8 Å². The van der Waals surface area contributed by atoms with Gasteiger partial charge in [-0.2, -0.15) is 5.26 Å². The summed E-state index contributed by atoms with van der Waals surface area (Å²) in [5, 5.41) is 53.1. The summed E-state index contributed by atoms with van der Waals surface area (Å²) in [6.45, 7) is 6.55. The van der Waals surface area contributed by atoms with Crippen LogP contribution in [0.15, 0.2) is 84.9 Å². The van der Waals surface area contributed by atoms with Crippen LogP contribution in [-0.4, -0.2) is 75.0 Å². The Morgan fingerprint density at radius 2 is 1.14 bits per heavy atom. The fourth-order valence-electron chi connectivity index (χ4n) is 5.79. The zero-order valence-electron chi connectivity index (χ0n) is 34.5. The number of benzene rings is 4. The Morgan fingerprint density at radius 3 is 1.64 bits per heavy atom. The number of nitrogens with two attached hydrogens (primary N) is 1. The summed E-state index contributed by atoms with van der Waals surface area (Å²) in [4.78, 5) is 89.8. The molecule has 0 saturated carbocycles. The van der Waals surface area contributed by atoms with E-state index in [2.05, 4.69) is 26.6 Å². The first-order valence-corrected chi connectivity index (χ1v) is 20.0. The van der Waals surface area contributed by atoms with E-state index < -0.39 is 83.1 Å². The van der Waals surface area contributed by atoms with Gasteiger partial charge in [0.1, 0.15) is 22.6 Å². The molecule has 5 aromatic rings. The molecule has 20 heteroatoms. The van der Waals surface area contributed by atoms with Crippen molar-refractivity contribution in [3.8, 4) is 29.1 Å². The lowest BCUT2D eigenvalue weighted by atomic mass is 10.1. The van der Waals surface area contributed by atoms with E-state index in [0.717, 1.165) is 17.4 Å². The molecular weight excluding hydrogens is 851 g/mol. The van der Waals surface area contributed by atoms with Crippen molar-refractivity contribution in [3.63, 3.8) is 0 Å². The zero-order chi connectivity index (χ0) is 46.8. The van der Waals surface area contributed by atoms with E-state index in [4.69, 9.17) is 20.5 Å². The molecule has 1 aromatic heterocycles. The van der Waals surface area contributed by atoms with Crippen molar-refractivity contribution in [2.75, 3.05) is 21.3 Å². The van der Waals surface area contributed by atoms with E-state index in [-0.39, 0.29) is 45.3 Å². The van der Waals surface area contributed by atoms with Gasteiger partial charge in [-0.05, 0) is 113 Å². The van der Waals surface area contributed by atoms with Crippen molar-refractivity contribution in [2.45, 2.75) is 52.4 Å². The van der Waals surface area contributed by atoms with Gasteiger partial charge in [0.15, 0.2) is 23.0 Å². The summed E-state index contributed by atoms with van der Waals surface area (Å²) in [7, 11) is 0. The molecule has 0 aliphatic carbocycles. The van der Waals surface area contributed by atoms with Crippen LogP contribution in [0.1, 0.15) is 90.1 Å². The number of carboxylic acid groups (broad SMARTS) is 1. The van der Waals surface area contributed by atoms with Gasteiger partial charge in [0.05, 0.1) is 40.4 Å². The second-order valence-electron chi connectivity index (χ2n) is 14.3. The fourth-order valence-corrected chi connectivity index (χ4v) is 6.49. The van der Waals surface area contributed by atoms with Crippen LogP contribution in [0.2, 0.25) is 0 Å². The van der Waals surface area contributed by atoms with Crippen molar-refractivity contribution < 1.29 is 58.4 Å². The number of carbonyl (C=O) groups excluding carboxylic acids is 6. The van der Waals surface area contributed by atoms with E-state index in [9.17, 15) is 48.9 Å². The Hall–Kier alpha value is -8.44. The number of ether oxygens (including phenoxy) is 2. The molecule has 0 fully saturated rings. The fraction of sp³-hybridized carbons (Fsp3) is 0.182. The third kappa shape index (κ3) is 11.7. The van der Waals surface area contributed by atoms with E-state index in [1.54, 1.807) is 27.7 Å². The number of phenols is 2. The highest BCUT2D eigenvalue weighted by Crippen LogP contribution is 2.41. The highest BCUT2D eigenvalue weighted by Gasteiger charge is 2.27. The van der Waals surface area contributed by atoms with E-state index in [1.165, 1.54) is 78.9 Å². The summed E-state index contributed by atoms with van der Waals surface area (Å²) < 4.78 is 11.4. The number of carbonyl (C=O) groups is 7. The summed E-state index contributed by atoms with van der Waals surface area (Å²) in [6, 6.07) is 19.6. The first-order valence-electron chi connectivity index (χ1n) is 19.2. The van der Waals surface area contributed by atoms with Gasteiger partial charge in [-0.25, -0.2) is 4.79 Å². The minimum absolute atomic E-state index is 0.0182. The average Bonchev–Trinajstić information content (AvgIpc) is 3.73. The standard InChI is InChI=1S/C44H41N7O12S/c1-21(2)62-37-30(16-14-28(35(37)53)41(57)50-31-17-15-29(44(60)61)36(54)38(31)63-22(3)4)49-39(55)23-5-9-25(10-6-23)47-42(58)32(19-34(46)52)51-40(56)24-7-11-26(12-8-24)48-43(59)33-18-13-27(20-45)64-33/h5-18,21-22,32,53-54H,19H2,1-4H3,(H2,46,52)(H,47,58)(H,48,59)(H,49,55)(H,50,57)(H,51,56)(H,60,61). The topological polar surface area (TPSA) is 309 Å². The Morgan fingerprint density at radius 1 is 0.641 bits per heavy atom. The number of amides is 6. The molecule has 0 saturated heterocycles. The number of rotatable bonds is 17. The first kappa shape index (κ1) is 46.6. The van der Waals surface area contributed by atoms with Crippen LogP contribution >= 0.6 is 11.3 Å². The number of nitrogens with one attached hydrogen (secondary N) is 5. The highest BCUT2D eigenvalue weighted by atomic mass is 32.1. The van der Waals surface area contributed by atoms with Crippen LogP contribution in [0, 0.1) is 11.3 Å². The Balaban J connectivity index is 1.25. The van der Waals surface area contributed by atoms with Crippen molar-refractivity contribution in [3.05, 3.63) is 117 Å². The lowest BCUT2D eigenvalue weighted by molar-refractivity contribution is -0.123. The van der Waals surface area contributed by atoms with Crippen LogP contribution in [0.5, 0.6) is 23.0 Å². The van der Waals surface area contributed by atoms with Crippen molar-refractivity contribution in [1.82, 2.24) is 5.32 Å². The monoisotopic (exact) mass is 891 g/mol. The SMILES string of the molecule is CC(C)Oc1c(NC(=O)c2ccc(NC(=O)c3ccc(NC(=O)C(CC(N)=O)NC(=O)c4ccc(NC(=O)c5ccc(C#N)s5)cc4)cc3)c(OC(C)C)c2O)ccc(C(=O)O)c1O. The summed E-state index contributed by atoms with van der Waals surface area (Å²) >= 11 is 1.02. The molecule has 1 unspecified atom stereocenters. The summed E-state index contributed by atoms with van der Waals surface area (Å²) in [5.74, 6) is -7.76. The van der Waals surface area contributed by atoms with Crippen LogP contribution in [0.4, 0.5) is 22.7 Å². The Kier molecular flexibility index (Phi) is 14.9. The molecule has 5 rings (SSSR count). The maximum atomic E-state index is 13.4. The third-order valence-electron chi connectivity index (χ3n) is 8.73. The van der Waals surface area contributed by atoms with Crippen molar-refractivity contribution >= 4 is 75.5 Å². The summed E-state index contributed by atoms with van der Waals surface area (Å²) in [6.07, 6.45) is -1.62. The molecule has 0 aliphatic rings. The maximum absolute atomic E-state index is 13.4. The van der Waals surface area contributed by atoms with Gasteiger partial charge >= 0.3 is 5.97 Å². The number of thiophene rings is 1. The van der Waals surface area contributed by atoms with Crippen molar-refractivity contribution in [1.29, 1.82) is 5.26 Å². The number of carboxylic acids is 1. The number of primary amides is 1. The normalized spacial score (nSPS) is 11.1. The van der Waals surface area contributed by atoms with E-state index in [0.29, 0.717) is 15.4 Å². The van der Waals surface area contributed by atoms with Crippen molar-refractivity contribution in [2.24, 2.45) is 5.73 Å². The number of aromatic carboxylic acids is 1. The molecule has 0 radical (unpaired) electrons. The zero-order valence-corrected chi connectivity index (χ0v) is 35.3. The molecular formula is C44H41N7O12S. The Labute approximate surface area is 368 Å². The number of nitrogens with zero attached hydrogens (tertiary/aromatic N) is 1. The van der Waals surface area contributed by atoms with Crippen LogP contribution in [0.3, 0.4) is 0 Å². The lowest BCUT2D eigenvalue weighted by Crippen LogP contribution is -2.46. The van der Waals surface area contributed by atoms with Gasteiger partial charge < -0.3 is 57.1 Å². The highest BCUT2D eigenvalue weighted by molar-refractivity contribution is 7.14. The molecule has 1 atom stereocenters. The molecule has 0 bridgehead atoms. The number of hydrogen-bond donors (Lipinski definition) is 9. The second kappa shape index (κ2) is 20.4. The lowest BCUT2D eigenvalue weighted by Gasteiger charge is -2.20. The molecule has 0 aliphatic heterocycles. The number of anilines is 4. The predicted octanol–water partition coefficient (Wildman–Crippen LogP) is 5.67. The molecule has 19 nitrogen and oxygen atoms in total. The minimum Gasteiger partial charge on any atom is -0.504 e. The van der Waals surface area contributed by atoms with E-state index in [1.807, 2.05) is 6.07 Å². The van der Waals surface area contributed by atoms with Crippen LogP contribution in [0.25, 0.3) is 0 Å². The summed E-state index contributed by atoms with van der Waals surface area (Å²) in [5.41, 5.74) is 5.23. The van der Waals surface area contributed by atoms with Gasteiger partial charge in [0.25, 0.3) is 23.6 Å². The van der Waals surface area contributed by atoms with E-state index >= 15 is 0 Å². The van der Waals surface area contributed by atoms with Gasteiger partial charge in [-0.15, -0.1) is 11.3 Å². The van der Waals surface area contributed by atoms with Crippen LogP contribution < -0.4 is 41.8 Å². The van der Waals surface area contributed by atoms with Crippen LogP contribution in [-0.2, 0) is 9.59 Å². The number of nitriles is 1. The molecule has 0 spiro atoms. The van der Waals surface area contributed by atoms with Gasteiger partial charge in [0, 0.05) is 22.5 Å². The molecule has 330 valence electrons. The predicted molar refractivity (Wildman–Crippen MR) is 234 cm³/mol. The molecule has 64 heavy (non-hydrogen) atoms. The largest absolute Gasteiger partial charge is 0.504 e. The smallest absolute Gasteiger partial charge is 0.339 e. The molecule has 4 aromatic carbocycles. The molecule has 6 amide bonds. The quantitative estimate of drug-likeness (QED) is 0.0544. The molecule has 1 heterocycles. The van der Waals surface area contributed by atoms with Gasteiger partial charge in [-0.3, -0.25) is 28.8 Å². The third-order valence-corrected chi connectivity index (χ3v) is 9.72. The second-order valence-corrected chi connectivity index (χ2v) is 15.4. The minimum atomic E-state index is -1.43. The number of aromatic hydroxyl groups is 2. The molecule has 10 N–H and O–H groups in total. The number of hydrogen-bond acceptors (Lipinski definition) is 13. The first-order chi connectivity index (χ1) is 30.3. The number of phenolic OH excluding ortho intramolecular Hbond substituents is 1. The van der Waals surface area contributed by atoms with Gasteiger partial charge in [-0.1, -0.05) is 0 Å².